The molecule has 0 radical (unpaired) electrons. The monoisotopic (exact) mass is 356 g/mol. The number of aryl methyl sites for hydroxylation is 3. The molecule has 1 atom stereocenters. The summed E-state index contributed by atoms with van der Waals surface area (Å²) in [5, 5.41) is 11.0. The summed E-state index contributed by atoms with van der Waals surface area (Å²) in [6.07, 6.45) is 3.87. The van der Waals surface area contributed by atoms with Crippen LogP contribution < -0.4 is 10.3 Å². The van der Waals surface area contributed by atoms with Crippen molar-refractivity contribution in [1.82, 2.24) is 9.55 Å². The third kappa shape index (κ3) is 3.19. The number of fused-ring (bicyclic) bond motifs is 3. The molecule has 130 valence electrons. The van der Waals surface area contributed by atoms with Crippen LogP contribution >= 0.6 is 11.3 Å². The summed E-state index contributed by atoms with van der Waals surface area (Å²) in [7, 11) is 0. The Labute approximate surface area is 149 Å². The Kier molecular flexibility index (Phi) is 4.31. The van der Waals surface area contributed by atoms with Crippen LogP contribution in [0.25, 0.3) is 10.2 Å². The molecular weight excluding hydrogens is 336 g/mol. The summed E-state index contributed by atoms with van der Waals surface area (Å²) < 4.78 is 7.09. The van der Waals surface area contributed by atoms with Crippen molar-refractivity contribution in [3.05, 3.63) is 57.0 Å². The van der Waals surface area contributed by atoms with E-state index in [0.717, 1.165) is 40.6 Å². The second kappa shape index (κ2) is 6.61. The predicted molar refractivity (Wildman–Crippen MR) is 98.6 cm³/mol. The summed E-state index contributed by atoms with van der Waals surface area (Å²) in [6.45, 7) is 2.32. The van der Waals surface area contributed by atoms with Gasteiger partial charge in [0, 0.05) is 4.88 Å². The molecule has 0 saturated carbocycles. The molecule has 0 bridgehead atoms. The molecule has 1 unspecified atom stereocenters. The first-order chi connectivity index (χ1) is 12.1. The highest BCUT2D eigenvalue weighted by atomic mass is 32.1. The zero-order valence-corrected chi connectivity index (χ0v) is 14.9. The van der Waals surface area contributed by atoms with Gasteiger partial charge in [0.2, 0.25) is 0 Å². The van der Waals surface area contributed by atoms with Gasteiger partial charge in [0.25, 0.3) is 5.56 Å². The smallest absolute Gasteiger partial charge is 0.262 e. The molecule has 2 aromatic heterocycles. The van der Waals surface area contributed by atoms with Gasteiger partial charge in [-0.1, -0.05) is 17.7 Å². The van der Waals surface area contributed by atoms with Crippen molar-refractivity contribution in [2.45, 2.75) is 38.8 Å². The fraction of sp³-hybridized carbons (Fsp3) is 0.368. The highest BCUT2D eigenvalue weighted by Gasteiger charge is 2.21. The number of ether oxygens (including phenoxy) is 1. The molecule has 1 N–H and O–H groups in total. The molecule has 1 aliphatic rings. The Morgan fingerprint density at radius 2 is 2.12 bits per heavy atom. The third-order valence-corrected chi connectivity index (χ3v) is 5.76. The van der Waals surface area contributed by atoms with Gasteiger partial charge in [-0.15, -0.1) is 11.3 Å². The quantitative estimate of drug-likeness (QED) is 0.763. The first kappa shape index (κ1) is 16.3. The molecular formula is C19H20N2O3S. The van der Waals surface area contributed by atoms with E-state index >= 15 is 0 Å². The molecule has 0 aliphatic heterocycles. The Bertz CT molecular complexity index is 959. The van der Waals surface area contributed by atoms with E-state index in [-0.39, 0.29) is 18.7 Å². The van der Waals surface area contributed by atoms with Crippen LogP contribution in [-0.2, 0) is 19.4 Å². The van der Waals surface area contributed by atoms with Gasteiger partial charge in [-0.3, -0.25) is 9.36 Å². The average Bonchev–Trinajstić information content (AvgIpc) is 3.18. The fourth-order valence-electron chi connectivity index (χ4n) is 3.26. The molecule has 0 spiro atoms. The lowest BCUT2D eigenvalue weighted by Gasteiger charge is -2.14. The maximum atomic E-state index is 12.8. The third-order valence-electron chi connectivity index (χ3n) is 4.56. The number of aliphatic hydroxyl groups is 1. The lowest BCUT2D eigenvalue weighted by Crippen LogP contribution is -2.30. The summed E-state index contributed by atoms with van der Waals surface area (Å²) >= 11 is 1.63. The van der Waals surface area contributed by atoms with E-state index in [1.807, 2.05) is 31.2 Å². The van der Waals surface area contributed by atoms with Gasteiger partial charge in [0.05, 0.1) is 18.3 Å². The molecule has 25 heavy (non-hydrogen) atoms. The number of aliphatic hydroxyl groups excluding tert-OH is 1. The maximum Gasteiger partial charge on any atom is 0.262 e. The number of hydrogen-bond acceptors (Lipinski definition) is 5. The minimum atomic E-state index is -0.773. The highest BCUT2D eigenvalue weighted by Crippen LogP contribution is 2.34. The number of thiophene rings is 1. The van der Waals surface area contributed by atoms with E-state index < -0.39 is 6.10 Å². The van der Waals surface area contributed by atoms with Crippen molar-refractivity contribution in [2.75, 3.05) is 6.61 Å². The van der Waals surface area contributed by atoms with Crippen LogP contribution in [0.4, 0.5) is 0 Å². The number of benzene rings is 1. The number of rotatable bonds is 5. The van der Waals surface area contributed by atoms with Crippen LogP contribution in [0.1, 0.15) is 22.4 Å². The van der Waals surface area contributed by atoms with Crippen molar-refractivity contribution in [3.8, 4) is 5.75 Å². The van der Waals surface area contributed by atoms with Crippen LogP contribution in [0.15, 0.2) is 35.4 Å². The zero-order chi connectivity index (χ0) is 17.4. The van der Waals surface area contributed by atoms with E-state index in [1.165, 1.54) is 15.8 Å². The minimum absolute atomic E-state index is 0.0567. The molecule has 5 nitrogen and oxygen atoms in total. The van der Waals surface area contributed by atoms with Crippen molar-refractivity contribution < 1.29 is 9.84 Å². The molecule has 0 amide bonds. The van der Waals surface area contributed by atoms with Gasteiger partial charge < -0.3 is 9.84 Å². The van der Waals surface area contributed by atoms with Crippen LogP contribution in [0.3, 0.4) is 0 Å². The first-order valence-corrected chi connectivity index (χ1v) is 9.30. The Morgan fingerprint density at radius 1 is 1.32 bits per heavy atom. The maximum absolute atomic E-state index is 12.8. The molecule has 1 aliphatic carbocycles. The topological polar surface area (TPSA) is 64.3 Å². The molecule has 0 saturated heterocycles. The number of aromatic nitrogens is 2. The number of hydrogen-bond donors (Lipinski definition) is 1. The second-order valence-corrected chi connectivity index (χ2v) is 7.60. The van der Waals surface area contributed by atoms with Crippen molar-refractivity contribution in [1.29, 1.82) is 0 Å². The van der Waals surface area contributed by atoms with Gasteiger partial charge >= 0.3 is 0 Å². The summed E-state index contributed by atoms with van der Waals surface area (Å²) in [5.41, 5.74) is 2.26. The molecule has 0 fully saturated rings. The Balaban J connectivity index is 1.49. The molecule has 4 rings (SSSR count). The standard InChI is InChI=1S/C19H20N2O3S/c1-12-5-7-14(8-6-12)24-10-13(22)9-21-11-20-18-17(19(21)23)15-3-2-4-16(15)25-18/h5-8,11,13,22H,2-4,9-10H2,1H3. The lowest BCUT2D eigenvalue weighted by atomic mass is 10.2. The van der Waals surface area contributed by atoms with E-state index in [1.54, 1.807) is 11.3 Å². The van der Waals surface area contributed by atoms with Crippen molar-refractivity contribution in [3.63, 3.8) is 0 Å². The van der Waals surface area contributed by atoms with Crippen LogP contribution in [0, 0.1) is 6.92 Å². The van der Waals surface area contributed by atoms with Gasteiger partial charge in [-0.05, 0) is 43.9 Å². The summed E-state index contributed by atoms with van der Waals surface area (Å²) in [5.74, 6) is 0.709. The summed E-state index contributed by atoms with van der Waals surface area (Å²) in [4.78, 5) is 19.3. The van der Waals surface area contributed by atoms with Gasteiger partial charge in [0.1, 0.15) is 23.3 Å². The molecule has 6 heteroatoms. The van der Waals surface area contributed by atoms with E-state index in [4.69, 9.17) is 4.74 Å². The molecule has 2 heterocycles. The van der Waals surface area contributed by atoms with E-state index in [2.05, 4.69) is 4.98 Å². The van der Waals surface area contributed by atoms with Gasteiger partial charge in [-0.2, -0.15) is 0 Å². The zero-order valence-electron chi connectivity index (χ0n) is 14.1. The second-order valence-electron chi connectivity index (χ2n) is 6.52. The predicted octanol–water partition coefficient (Wildman–Crippen LogP) is 2.70. The Morgan fingerprint density at radius 3 is 2.92 bits per heavy atom. The SMILES string of the molecule is Cc1ccc(OCC(O)Cn2cnc3sc4c(c3c2=O)CCC4)cc1. The fourth-order valence-corrected chi connectivity index (χ4v) is 4.48. The van der Waals surface area contributed by atoms with E-state index in [9.17, 15) is 9.90 Å². The first-order valence-electron chi connectivity index (χ1n) is 8.49. The minimum Gasteiger partial charge on any atom is -0.491 e. The molecule has 3 aromatic rings. The lowest BCUT2D eigenvalue weighted by molar-refractivity contribution is 0.0915. The van der Waals surface area contributed by atoms with Crippen LogP contribution in [0.5, 0.6) is 5.75 Å². The number of nitrogens with zero attached hydrogens (tertiary/aromatic N) is 2. The molecule has 1 aromatic carbocycles. The van der Waals surface area contributed by atoms with Gasteiger partial charge in [0.15, 0.2) is 0 Å². The van der Waals surface area contributed by atoms with Gasteiger partial charge in [-0.25, -0.2) is 4.98 Å². The van der Waals surface area contributed by atoms with Crippen molar-refractivity contribution >= 4 is 21.6 Å². The van der Waals surface area contributed by atoms with Crippen LogP contribution in [0.2, 0.25) is 0 Å². The average molecular weight is 356 g/mol. The largest absolute Gasteiger partial charge is 0.491 e. The normalized spacial score (nSPS) is 14.6. The van der Waals surface area contributed by atoms with E-state index in [0.29, 0.717) is 5.75 Å². The Hall–Kier alpha value is -2.18. The summed E-state index contributed by atoms with van der Waals surface area (Å²) in [6, 6.07) is 7.66. The highest BCUT2D eigenvalue weighted by molar-refractivity contribution is 7.18. The van der Waals surface area contributed by atoms with Crippen molar-refractivity contribution in [2.24, 2.45) is 0 Å². The van der Waals surface area contributed by atoms with Crippen LogP contribution in [-0.4, -0.2) is 27.4 Å².